The maximum atomic E-state index is 12.2. The van der Waals surface area contributed by atoms with Gasteiger partial charge in [-0.25, -0.2) is 4.98 Å². The lowest BCUT2D eigenvalue weighted by atomic mass is 9.82. The van der Waals surface area contributed by atoms with Crippen molar-refractivity contribution < 1.29 is 9.90 Å². The standard InChI is InChI=1S/C14H23N3O2/c1-16-9-8-15-12(16)11-17(2)13(18)10-14(19)6-4-3-5-7-14/h8-9,19H,3-7,10-11H2,1-2H3. The van der Waals surface area contributed by atoms with Crippen LogP contribution in [0.2, 0.25) is 0 Å². The van der Waals surface area contributed by atoms with Gasteiger partial charge in [0.05, 0.1) is 18.6 Å². The molecule has 0 bridgehead atoms. The van der Waals surface area contributed by atoms with Gasteiger partial charge in [-0.15, -0.1) is 0 Å². The number of hydrogen-bond donors (Lipinski definition) is 1. The molecule has 1 saturated carbocycles. The third kappa shape index (κ3) is 3.56. The Kier molecular flexibility index (Phi) is 4.24. The molecule has 0 radical (unpaired) electrons. The van der Waals surface area contributed by atoms with Gasteiger partial charge in [0.25, 0.3) is 0 Å². The minimum Gasteiger partial charge on any atom is -0.389 e. The topological polar surface area (TPSA) is 58.4 Å². The molecule has 1 aliphatic rings. The molecule has 1 aromatic heterocycles. The van der Waals surface area contributed by atoms with Crippen molar-refractivity contribution in [2.24, 2.45) is 7.05 Å². The Balaban J connectivity index is 1.90. The average Bonchev–Trinajstić information content (AvgIpc) is 2.75. The molecule has 1 aromatic rings. The first-order chi connectivity index (χ1) is 9.00. The lowest BCUT2D eigenvalue weighted by Crippen LogP contribution is -2.39. The monoisotopic (exact) mass is 265 g/mol. The first kappa shape index (κ1) is 14.1. The fourth-order valence-corrected chi connectivity index (χ4v) is 2.65. The van der Waals surface area contributed by atoms with Crippen LogP contribution < -0.4 is 0 Å². The van der Waals surface area contributed by atoms with E-state index in [0.717, 1.165) is 31.5 Å². The highest BCUT2D eigenvalue weighted by Gasteiger charge is 2.32. The molecule has 5 heteroatoms. The summed E-state index contributed by atoms with van der Waals surface area (Å²) >= 11 is 0. The Morgan fingerprint density at radius 3 is 2.74 bits per heavy atom. The highest BCUT2D eigenvalue weighted by Crippen LogP contribution is 2.31. The highest BCUT2D eigenvalue weighted by atomic mass is 16.3. The summed E-state index contributed by atoms with van der Waals surface area (Å²) in [6.45, 7) is 0.485. The minimum absolute atomic E-state index is 0.00704. The summed E-state index contributed by atoms with van der Waals surface area (Å²) in [6, 6.07) is 0. The van der Waals surface area contributed by atoms with Crippen LogP contribution >= 0.6 is 0 Å². The predicted molar refractivity (Wildman–Crippen MR) is 72.3 cm³/mol. The molecule has 106 valence electrons. The molecule has 2 rings (SSSR count). The second kappa shape index (κ2) is 5.74. The molecule has 1 amide bonds. The summed E-state index contributed by atoms with van der Waals surface area (Å²) in [6.07, 6.45) is 8.52. The van der Waals surface area contributed by atoms with Crippen molar-refractivity contribution in [1.82, 2.24) is 14.5 Å². The van der Waals surface area contributed by atoms with Crippen molar-refractivity contribution in [3.05, 3.63) is 18.2 Å². The van der Waals surface area contributed by atoms with Gasteiger partial charge >= 0.3 is 0 Å². The Morgan fingerprint density at radius 1 is 1.47 bits per heavy atom. The van der Waals surface area contributed by atoms with Gasteiger partial charge in [-0.1, -0.05) is 19.3 Å². The first-order valence-corrected chi connectivity index (χ1v) is 6.93. The lowest BCUT2D eigenvalue weighted by molar-refractivity contribution is -0.137. The lowest BCUT2D eigenvalue weighted by Gasteiger charge is -2.32. The van der Waals surface area contributed by atoms with Crippen LogP contribution in [0, 0.1) is 0 Å². The Bertz CT molecular complexity index is 436. The van der Waals surface area contributed by atoms with Crippen LogP contribution in [0.3, 0.4) is 0 Å². The van der Waals surface area contributed by atoms with Crippen molar-refractivity contribution in [3.8, 4) is 0 Å². The van der Waals surface area contributed by atoms with Gasteiger partial charge in [0.15, 0.2) is 0 Å². The Morgan fingerprint density at radius 2 is 2.16 bits per heavy atom. The number of carbonyl (C=O) groups is 1. The molecule has 1 fully saturated rings. The second-order valence-electron chi connectivity index (χ2n) is 5.67. The fraction of sp³-hybridized carbons (Fsp3) is 0.714. The quantitative estimate of drug-likeness (QED) is 0.896. The summed E-state index contributed by atoms with van der Waals surface area (Å²) in [4.78, 5) is 18.0. The number of amides is 1. The van der Waals surface area contributed by atoms with Crippen molar-refractivity contribution in [2.45, 2.75) is 50.7 Å². The van der Waals surface area contributed by atoms with Gasteiger partial charge in [-0.3, -0.25) is 4.79 Å². The zero-order chi connectivity index (χ0) is 13.9. The molecule has 0 saturated heterocycles. The van der Waals surface area contributed by atoms with E-state index in [4.69, 9.17) is 0 Å². The minimum atomic E-state index is -0.786. The number of carbonyl (C=O) groups excluding carboxylic acids is 1. The number of nitrogens with zero attached hydrogens (tertiary/aromatic N) is 3. The molecule has 0 aromatic carbocycles. The molecule has 0 unspecified atom stereocenters. The van der Waals surface area contributed by atoms with Crippen LogP contribution in [0.4, 0.5) is 0 Å². The van der Waals surface area contributed by atoms with Crippen LogP contribution in [0.15, 0.2) is 12.4 Å². The summed E-state index contributed by atoms with van der Waals surface area (Å²) < 4.78 is 1.90. The van der Waals surface area contributed by atoms with Crippen LogP contribution in [-0.4, -0.2) is 38.1 Å². The normalized spacial score (nSPS) is 18.3. The SMILES string of the molecule is CN(Cc1nccn1C)C(=O)CC1(O)CCCCC1. The van der Waals surface area contributed by atoms with E-state index in [1.54, 1.807) is 18.1 Å². The molecule has 0 atom stereocenters. The van der Waals surface area contributed by atoms with Gasteiger partial charge in [-0.05, 0) is 12.8 Å². The smallest absolute Gasteiger partial charge is 0.225 e. The molecule has 0 aliphatic heterocycles. The Hall–Kier alpha value is -1.36. The third-order valence-electron chi connectivity index (χ3n) is 3.99. The summed E-state index contributed by atoms with van der Waals surface area (Å²) in [5.41, 5.74) is -0.786. The maximum Gasteiger partial charge on any atom is 0.225 e. The Labute approximate surface area is 114 Å². The maximum absolute atomic E-state index is 12.2. The summed E-state index contributed by atoms with van der Waals surface area (Å²) in [7, 11) is 3.68. The molecular weight excluding hydrogens is 242 g/mol. The van der Waals surface area contributed by atoms with Gasteiger partial charge in [0.2, 0.25) is 5.91 Å². The van der Waals surface area contributed by atoms with Crippen LogP contribution in [0.5, 0.6) is 0 Å². The van der Waals surface area contributed by atoms with Crippen LogP contribution in [0.1, 0.15) is 44.3 Å². The molecule has 1 N–H and O–H groups in total. The van der Waals surface area contributed by atoms with E-state index in [1.165, 1.54) is 6.42 Å². The third-order valence-corrected chi connectivity index (χ3v) is 3.99. The zero-order valence-electron chi connectivity index (χ0n) is 11.8. The van der Waals surface area contributed by atoms with E-state index in [-0.39, 0.29) is 12.3 Å². The number of imidazole rings is 1. The molecule has 1 heterocycles. The number of aliphatic hydroxyl groups is 1. The van der Waals surface area contributed by atoms with Crippen molar-refractivity contribution in [2.75, 3.05) is 7.05 Å². The van der Waals surface area contributed by atoms with E-state index < -0.39 is 5.60 Å². The fourth-order valence-electron chi connectivity index (χ4n) is 2.65. The number of hydrogen-bond acceptors (Lipinski definition) is 3. The molecule has 5 nitrogen and oxygen atoms in total. The van der Waals surface area contributed by atoms with Gasteiger partial charge in [0.1, 0.15) is 5.82 Å². The molecule has 19 heavy (non-hydrogen) atoms. The van der Waals surface area contributed by atoms with Crippen molar-refractivity contribution in [1.29, 1.82) is 0 Å². The molecular formula is C14H23N3O2. The second-order valence-corrected chi connectivity index (χ2v) is 5.67. The van der Waals surface area contributed by atoms with E-state index >= 15 is 0 Å². The first-order valence-electron chi connectivity index (χ1n) is 6.93. The highest BCUT2D eigenvalue weighted by molar-refractivity contribution is 5.76. The van der Waals surface area contributed by atoms with Crippen molar-refractivity contribution in [3.63, 3.8) is 0 Å². The zero-order valence-corrected chi connectivity index (χ0v) is 11.8. The van der Waals surface area contributed by atoms with Gasteiger partial charge in [-0.2, -0.15) is 0 Å². The largest absolute Gasteiger partial charge is 0.389 e. The van der Waals surface area contributed by atoms with Gasteiger partial charge in [0, 0.05) is 26.5 Å². The van der Waals surface area contributed by atoms with E-state index in [2.05, 4.69) is 4.98 Å². The van der Waals surface area contributed by atoms with Crippen LogP contribution in [-0.2, 0) is 18.4 Å². The van der Waals surface area contributed by atoms with E-state index in [9.17, 15) is 9.90 Å². The average molecular weight is 265 g/mol. The molecule has 0 spiro atoms. The number of aromatic nitrogens is 2. The summed E-state index contributed by atoms with van der Waals surface area (Å²) in [5, 5.41) is 10.4. The number of rotatable bonds is 4. The predicted octanol–water partition coefficient (Wildman–Crippen LogP) is 1.46. The summed E-state index contributed by atoms with van der Waals surface area (Å²) in [5.74, 6) is 0.846. The van der Waals surface area contributed by atoms with Crippen LogP contribution in [0.25, 0.3) is 0 Å². The molecule has 1 aliphatic carbocycles. The van der Waals surface area contributed by atoms with E-state index in [0.29, 0.717) is 6.54 Å². The number of aryl methyl sites for hydroxylation is 1. The van der Waals surface area contributed by atoms with Gasteiger partial charge < -0.3 is 14.6 Å². The van der Waals surface area contributed by atoms with E-state index in [1.807, 2.05) is 17.8 Å². The van der Waals surface area contributed by atoms with Crippen molar-refractivity contribution >= 4 is 5.91 Å².